The fourth-order valence-electron chi connectivity index (χ4n) is 2.62. The van der Waals surface area contributed by atoms with E-state index < -0.39 is 0 Å². The minimum atomic E-state index is -0.347. The lowest BCUT2D eigenvalue weighted by atomic mass is 9.86. The van der Waals surface area contributed by atoms with Crippen LogP contribution in [0.15, 0.2) is 0 Å². The molecule has 0 unspecified atom stereocenters. The Balaban J connectivity index is 2.46. The van der Waals surface area contributed by atoms with Crippen molar-refractivity contribution in [2.45, 2.75) is 45.4 Å². The number of amides is 1. The van der Waals surface area contributed by atoms with Gasteiger partial charge in [-0.2, -0.15) is 0 Å². The van der Waals surface area contributed by atoms with E-state index in [2.05, 4.69) is 0 Å². The molecule has 0 aromatic rings. The van der Waals surface area contributed by atoms with Gasteiger partial charge in [-0.25, -0.2) is 0 Å². The summed E-state index contributed by atoms with van der Waals surface area (Å²) in [7, 11) is 1.59. The zero-order valence-corrected chi connectivity index (χ0v) is 12.7. The van der Waals surface area contributed by atoms with Gasteiger partial charge in [-0.05, 0) is 25.7 Å². The number of esters is 1. The van der Waals surface area contributed by atoms with E-state index in [-0.39, 0.29) is 18.4 Å². The van der Waals surface area contributed by atoms with Gasteiger partial charge in [0, 0.05) is 20.1 Å². The molecule has 0 aromatic carbocycles. The van der Waals surface area contributed by atoms with Gasteiger partial charge in [0.25, 0.3) is 0 Å². The van der Waals surface area contributed by atoms with Gasteiger partial charge in [0.05, 0.1) is 13.2 Å². The summed E-state index contributed by atoms with van der Waals surface area (Å²) >= 11 is 0. The first-order valence-corrected chi connectivity index (χ1v) is 7.59. The summed E-state index contributed by atoms with van der Waals surface area (Å²) in [6.45, 7) is 3.02. The number of hydrogen-bond donors (Lipinski definition) is 0. The van der Waals surface area contributed by atoms with Crippen LogP contribution in [-0.2, 0) is 19.1 Å². The minimum Gasteiger partial charge on any atom is -0.465 e. The van der Waals surface area contributed by atoms with E-state index in [1.54, 1.807) is 18.9 Å². The Morgan fingerprint density at radius 3 is 2.50 bits per heavy atom. The molecule has 5 nitrogen and oxygen atoms in total. The second-order valence-corrected chi connectivity index (χ2v) is 5.32. The van der Waals surface area contributed by atoms with Crippen LogP contribution in [0.3, 0.4) is 0 Å². The summed E-state index contributed by atoms with van der Waals surface area (Å²) in [5.41, 5.74) is 0. The average molecular weight is 285 g/mol. The number of carbonyl (C=O) groups excluding carboxylic acids is 2. The number of methoxy groups -OCH3 is 1. The van der Waals surface area contributed by atoms with E-state index in [0.29, 0.717) is 32.1 Å². The molecule has 1 aliphatic carbocycles. The van der Waals surface area contributed by atoms with Crippen LogP contribution in [0.1, 0.15) is 45.4 Å². The van der Waals surface area contributed by atoms with E-state index in [9.17, 15) is 9.59 Å². The van der Waals surface area contributed by atoms with Gasteiger partial charge >= 0.3 is 5.97 Å². The molecule has 1 amide bonds. The van der Waals surface area contributed by atoms with Crippen LogP contribution < -0.4 is 0 Å². The van der Waals surface area contributed by atoms with Crippen molar-refractivity contribution in [3.8, 4) is 0 Å². The maximum atomic E-state index is 12.3. The number of carbonyl (C=O) groups is 2. The lowest BCUT2D eigenvalue weighted by Gasteiger charge is -2.26. The molecule has 0 saturated heterocycles. The molecular formula is C15H27NO4. The average Bonchev–Trinajstić information content (AvgIpc) is 2.44. The Kier molecular flexibility index (Phi) is 8.26. The lowest BCUT2D eigenvalue weighted by molar-refractivity contribution is -0.149. The van der Waals surface area contributed by atoms with Gasteiger partial charge < -0.3 is 14.4 Å². The Bertz CT molecular complexity index is 300. The number of nitrogens with zero attached hydrogens (tertiary/aromatic N) is 1. The van der Waals surface area contributed by atoms with E-state index in [1.807, 2.05) is 0 Å². The molecule has 20 heavy (non-hydrogen) atoms. The van der Waals surface area contributed by atoms with Crippen molar-refractivity contribution >= 4 is 11.9 Å². The topological polar surface area (TPSA) is 55.8 Å². The smallest absolute Gasteiger partial charge is 0.325 e. The summed E-state index contributed by atoms with van der Waals surface area (Å²) in [6.07, 6.45) is 6.51. The molecule has 0 radical (unpaired) electrons. The van der Waals surface area contributed by atoms with E-state index >= 15 is 0 Å². The normalized spacial score (nSPS) is 15.9. The van der Waals surface area contributed by atoms with Crippen LogP contribution in [0.4, 0.5) is 0 Å². The molecule has 0 N–H and O–H groups in total. The molecule has 1 saturated carbocycles. The Morgan fingerprint density at radius 2 is 1.90 bits per heavy atom. The van der Waals surface area contributed by atoms with E-state index in [1.165, 1.54) is 19.3 Å². The molecule has 5 heteroatoms. The first-order chi connectivity index (χ1) is 9.67. The molecule has 1 fully saturated rings. The maximum Gasteiger partial charge on any atom is 0.325 e. The minimum absolute atomic E-state index is 0.0305. The number of rotatable bonds is 8. The first kappa shape index (κ1) is 17.0. The third-order valence-corrected chi connectivity index (χ3v) is 3.73. The van der Waals surface area contributed by atoms with Crippen LogP contribution in [0.5, 0.6) is 0 Å². The van der Waals surface area contributed by atoms with Crippen LogP contribution in [0.2, 0.25) is 0 Å². The zero-order chi connectivity index (χ0) is 14.8. The highest BCUT2D eigenvalue weighted by Crippen LogP contribution is 2.26. The predicted molar refractivity (Wildman–Crippen MR) is 76.3 cm³/mol. The van der Waals surface area contributed by atoms with E-state index in [0.717, 1.165) is 12.8 Å². The zero-order valence-electron chi connectivity index (χ0n) is 12.7. The van der Waals surface area contributed by atoms with Gasteiger partial charge in [0.15, 0.2) is 0 Å². The summed E-state index contributed by atoms with van der Waals surface area (Å²) < 4.78 is 9.93. The Labute approximate surface area is 121 Å². The van der Waals surface area contributed by atoms with Crippen LogP contribution in [0.25, 0.3) is 0 Å². The highest BCUT2D eigenvalue weighted by molar-refractivity contribution is 5.82. The molecule has 0 aliphatic heterocycles. The third kappa shape index (κ3) is 6.37. The van der Waals surface area contributed by atoms with Gasteiger partial charge in [-0.15, -0.1) is 0 Å². The van der Waals surface area contributed by atoms with Gasteiger partial charge in [0.1, 0.15) is 6.54 Å². The van der Waals surface area contributed by atoms with Crippen LogP contribution in [0, 0.1) is 5.92 Å². The predicted octanol–water partition coefficient (Wildman–Crippen LogP) is 1.99. The first-order valence-electron chi connectivity index (χ1n) is 7.59. The lowest BCUT2D eigenvalue weighted by Crippen LogP contribution is -2.39. The van der Waals surface area contributed by atoms with Crippen LogP contribution >= 0.6 is 0 Å². The molecule has 0 heterocycles. The quantitative estimate of drug-likeness (QED) is 0.640. The standard InChI is InChI=1S/C15H27NO4/c1-3-20-15(18)12-16(9-10-19-2)14(17)11-13-7-5-4-6-8-13/h13H,3-12H2,1-2H3. The van der Waals surface area contributed by atoms with Crippen molar-refractivity contribution in [2.75, 3.05) is 33.4 Å². The highest BCUT2D eigenvalue weighted by Gasteiger charge is 2.22. The molecule has 0 atom stereocenters. The Morgan fingerprint density at radius 1 is 1.20 bits per heavy atom. The van der Waals surface area contributed by atoms with E-state index in [4.69, 9.17) is 9.47 Å². The third-order valence-electron chi connectivity index (χ3n) is 3.73. The fourth-order valence-corrected chi connectivity index (χ4v) is 2.62. The summed E-state index contributed by atoms with van der Waals surface area (Å²) in [5, 5.41) is 0. The van der Waals surface area contributed by atoms with Gasteiger partial charge in [0.2, 0.25) is 5.91 Å². The number of ether oxygens (including phenoxy) is 2. The largest absolute Gasteiger partial charge is 0.465 e. The summed E-state index contributed by atoms with van der Waals surface area (Å²) in [5.74, 6) is 0.172. The van der Waals surface area contributed by atoms with Crippen molar-refractivity contribution in [3.05, 3.63) is 0 Å². The molecule has 116 valence electrons. The molecular weight excluding hydrogens is 258 g/mol. The van der Waals surface area contributed by atoms with Crippen LogP contribution in [-0.4, -0.2) is 50.2 Å². The molecule has 0 bridgehead atoms. The molecule has 0 spiro atoms. The fraction of sp³-hybridized carbons (Fsp3) is 0.867. The van der Waals surface area contributed by atoms with Gasteiger partial charge in [-0.3, -0.25) is 9.59 Å². The summed E-state index contributed by atoms with van der Waals surface area (Å²) in [4.78, 5) is 25.4. The van der Waals surface area contributed by atoms with Crippen molar-refractivity contribution in [1.29, 1.82) is 0 Å². The van der Waals surface area contributed by atoms with Crippen molar-refractivity contribution in [2.24, 2.45) is 5.92 Å². The Hall–Kier alpha value is -1.10. The summed E-state index contributed by atoms with van der Waals surface area (Å²) in [6, 6.07) is 0. The second-order valence-electron chi connectivity index (χ2n) is 5.32. The molecule has 1 aliphatic rings. The highest BCUT2D eigenvalue weighted by atomic mass is 16.5. The molecule has 0 aromatic heterocycles. The number of hydrogen-bond acceptors (Lipinski definition) is 4. The molecule has 1 rings (SSSR count). The van der Waals surface area contributed by atoms with Crippen molar-refractivity contribution in [3.63, 3.8) is 0 Å². The second kappa shape index (κ2) is 9.75. The van der Waals surface area contributed by atoms with Gasteiger partial charge in [-0.1, -0.05) is 19.3 Å². The van der Waals surface area contributed by atoms with Crippen molar-refractivity contribution < 1.29 is 19.1 Å². The SMILES string of the molecule is CCOC(=O)CN(CCOC)C(=O)CC1CCCCC1. The maximum absolute atomic E-state index is 12.3. The monoisotopic (exact) mass is 285 g/mol. The van der Waals surface area contributed by atoms with Crippen molar-refractivity contribution in [1.82, 2.24) is 4.90 Å².